The van der Waals surface area contributed by atoms with Crippen LogP contribution in [0.3, 0.4) is 0 Å². The van der Waals surface area contributed by atoms with Gasteiger partial charge in [0.05, 0.1) is 22.8 Å². The molecule has 8 bridgehead atoms. The van der Waals surface area contributed by atoms with Crippen molar-refractivity contribution in [1.82, 2.24) is 19.9 Å². The van der Waals surface area contributed by atoms with E-state index in [2.05, 4.69) is 33.2 Å². The van der Waals surface area contributed by atoms with Gasteiger partial charge in [-0.15, -0.1) is 0 Å². The van der Waals surface area contributed by atoms with Crippen molar-refractivity contribution in [3.05, 3.63) is 76.9 Å². The topological polar surface area (TPSA) is 77.6 Å². The van der Waals surface area contributed by atoms with Crippen molar-refractivity contribution < 1.29 is 5.11 Å². The van der Waals surface area contributed by atoms with Crippen molar-refractivity contribution in [3.63, 3.8) is 0 Å². The molecule has 0 aliphatic carbocycles. The molecule has 142 valence electrons. The number of hydrogen-bond donors (Lipinski definition) is 3. The highest BCUT2D eigenvalue weighted by Crippen LogP contribution is 2.20. The third-order valence-corrected chi connectivity index (χ3v) is 4.79. The summed E-state index contributed by atoms with van der Waals surface area (Å²) in [5, 5.41) is 9.07. The van der Waals surface area contributed by atoms with Crippen LogP contribution in [0.2, 0.25) is 0 Å². The van der Waals surface area contributed by atoms with Crippen LogP contribution in [0.4, 0.5) is 0 Å². The zero-order chi connectivity index (χ0) is 19.6. The fourth-order valence-corrected chi connectivity index (χ4v) is 3.46. The van der Waals surface area contributed by atoms with Crippen molar-refractivity contribution in [1.29, 1.82) is 0 Å². The zero-order valence-electron chi connectivity index (χ0n) is 15.8. The van der Waals surface area contributed by atoms with Gasteiger partial charge in [0, 0.05) is 28.7 Å². The van der Waals surface area contributed by atoms with Gasteiger partial charge in [0.1, 0.15) is 0 Å². The Labute approximate surface area is 167 Å². The molecule has 29 heavy (non-hydrogen) atoms. The lowest BCUT2D eigenvalue weighted by Crippen LogP contribution is -1.78. The van der Waals surface area contributed by atoms with E-state index in [9.17, 15) is 0 Å². The standard InChI is InChI=1S/C24H20N4O/c29-10-2-1-3-16-11-23-14-21-7-6-19(26-21)12-17-4-5-18(25-17)13-20-8-9-22(27-20)15-24(16)28-23/h1,3-9,11-15,26,28-29H,2,10H2. The molecule has 2 aliphatic rings. The van der Waals surface area contributed by atoms with E-state index in [1.165, 1.54) is 0 Å². The molecule has 0 atom stereocenters. The van der Waals surface area contributed by atoms with Crippen LogP contribution in [0.1, 0.15) is 34.8 Å². The van der Waals surface area contributed by atoms with E-state index in [1.54, 1.807) is 0 Å². The average Bonchev–Trinajstić information content (AvgIpc) is 3.47. The summed E-state index contributed by atoms with van der Waals surface area (Å²) in [6.07, 6.45) is 12.6. The Kier molecular flexibility index (Phi) is 4.42. The Morgan fingerprint density at radius 2 is 1.38 bits per heavy atom. The Morgan fingerprint density at radius 3 is 2.10 bits per heavy atom. The first-order valence-electron chi connectivity index (χ1n) is 9.61. The van der Waals surface area contributed by atoms with Gasteiger partial charge >= 0.3 is 0 Å². The molecule has 5 heteroatoms. The van der Waals surface area contributed by atoms with Crippen LogP contribution in [-0.2, 0) is 0 Å². The van der Waals surface area contributed by atoms with Crippen LogP contribution >= 0.6 is 0 Å². The van der Waals surface area contributed by atoms with E-state index in [-0.39, 0.29) is 6.61 Å². The molecule has 3 aromatic heterocycles. The Bertz CT molecular complexity index is 1320. The Hall–Kier alpha value is -3.70. The maximum absolute atomic E-state index is 9.07. The van der Waals surface area contributed by atoms with Gasteiger partial charge < -0.3 is 15.1 Å². The van der Waals surface area contributed by atoms with Crippen LogP contribution in [0.5, 0.6) is 0 Å². The fourth-order valence-electron chi connectivity index (χ4n) is 3.46. The first kappa shape index (κ1) is 17.4. The van der Waals surface area contributed by atoms with Gasteiger partial charge in [0.25, 0.3) is 0 Å². The molecule has 5 heterocycles. The number of aliphatic hydroxyl groups excluding tert-OH is 1. The highest BCUT2D eigenvalue weighted by Gasteiger charge is 2.04. The Balaban J connectivity index is 1.78. The number of aliphatic hydroxyl groups is 1. The summed E-state index contributed by atoms with van der Waals surface area (Å²) < 4.78 is 0. The second-order valence-electron chi connectivity index (χ2n) is 7.04. The molecule has 2 aliphatic heterocycles. The van der Waals surface area contributed by atoms with Crippen molar-refractivity contribution in [2.75, 3.05) is 6.61 Å². The molecular formula is C24H20N4O. The number of nitrogens with zero attached hydrogens (tertiary/aromatic N) is 2. The molecule has 0 radical (unpaired) electrons. The smallest absolute Gasteiger partial charge is 0.0659 e. The minimum atomic E-state index is 0.141. The molecular weight excluding hydrogens is 360 g/mol. The number of hydrogen-bond acceptors (Lipinski definition) is 3. The van der Waals surface area contributed by atoms with E-state index >= 15 is 0 Å². The molecule has 3 N–H and O–H groups in total. The number of H-pyrrole nitrogens is 2. The quantitative estimate of drug-likeness (QED) is 0.410. The molecule has 0 aromatic carbocycles. The van der Waals surface area contributed by atoms with Gasteiger partial charge in [-0.05, 0) is 78.8 Å². The molecule has 0 saturated carbocycles. The SMILES string of the molecule is OCCC=Cc1cc2cc3ccc(cc4nc(cc5nc(cc1[nH]2)C=C5)C=C4)[nH]3. The number of rotatable bonds is 3. The summed E-state index contributed by atoms with van der Waals surface area (Å²) in [7, 11) is 0. The van der Waals surface area contributed by atoms with Crippen LogP contribution < -0.4 is 0 Å². The van der Waals surface area contributed by atoms with Gasteiger partial charge in [-0.3, -0.25) is 0 Å². The molecule has 0 amide bonds. The second-order valence-corrected chi connectivity index (χ2v) is 7.04. The van der Waals surface area contributed by atoms with Gasteiger partial charge in [-0.2, -0.15) is 0 Å². The highest BCUT2D eigenvalue weighted by atomic mass is 16.2. The molecule has 0 fully saturated rings. The highest BCUT2D eigenvalue weighted by molar-refractivity contribution is 5.81. The van der Waals surface area contributed by atoms with E-state index < -0.39 is 0 Å². The fraction of sp³-hybridized carbons (Fsp3) is 0.0833. The van der Waals surface area contributed by atoms with Crippen molar-refractivity contribution in [2.24, 2.45) is 0 Å². The molecule has 0 saturated heterocycles. The normalized spacial score (nSPS) is 12.9. The number of nitrogens with one attached hydrogen (secondary N) is 2. The zero-order valence-corrected chi connectivity index (χ0v) is 15.8. The first-order valence-corrected chi connectivity index (χ1v) is 9.61. The lowest BCUT2D eigenvalue weighted by Gasteiger charge is -1.89. The average molecular weight is 380 g/mol. The minimum Gasteiger partial charge on any atom is -0.396 e. The molecule has 0 spiro atoms. The third kappa shape index (κ3) is 3.81. The van der Waals surface area contributed by atoms with Crippen LogP contribution in [-0.4, -0.2) is 31.6 Å². The van der Waals surface area contributed by atoms with Gasteiger partial charge in [-0.1, -0.05) is 12.2 Å². The molecule has 5 nitrogen and oxygen atoms in total. The summed E-state index contributed by atoms with van der Waals surface area (Å²) >= 11 is 0. The van der Waals surface area contributed by atoms with E-state index in [0.29, 0.717) is 6.42 Å². The summed E-state index contributed by atoms with van der Waals surface area (Å²) in [6.45, 7) is 0.141. The lowest BCUT2D eigenvalue weighted by atomic mass is 10.2. The summed E-state index contributed by atoms with van der Waals surface area (Å²) in [5.41, 5.74) is 8.61. The number of aromatic amines is 2. The summed E-state index contributed by atoms with van der Waals surface area (Å²) in [6, 6.07) is 14.3. The van der Waals surface area contributed by atoms with Gasteiger partial charge in [-0.25, -0.2) is 9.97 Å². The number of aromatic nitrogens is 4. The molecule has 3 aromatic rings. The van der Waals surface area contributed by atoms with Crippen LogP contribution in [0, 0.1) is 0 Å². The predicted octanol–water partition coefficient (Wildman–Crippen LogP) is 5.05. The molecule has 0 unspecified atom stereocenters. The van der Waals surface area contributed by atoms with Gasteiger partial charge in [0.15, 0.2) is 0 Å². The van der Waals surface area contributed by atoms with E-state index in [0.717, 1.165) is 50.4 Å². The van der Waals surface area contributed by atoms with Crippen LogP contribution in [0.15, 0.2) is 48.5 Å². The third-order valence-electron chi connectivity index (χ3n) is 4.79. The summed E-state index contributed by atoms with van der Waals surface area (Å²) in [4.78, 5) is 16.2. The first-order chi connectivity index (χ1) is 14.2. The lowest BCUT2D eigenvalue weighted by molar-refractivity contribution is 0.303. The second kappa shape index (κ2) is 7.37. The van der Waals surface area contributed by atoms with E-state index in [1.807, 2.05) is 60.7 Å². The monoisotopic (exact) mass is 380 g/mol. The van der Waals surface area contributed by atoms with Crippen molar-refractivity contribution in [3.8, 4) is 0 Å². The van der Waals surface area contributed by atoms with Crippen molar-refractivity contribution >= 4 is 52.4 Å². The van der Waals surface area contributed by atoms with Gasteiger partial charge in [0.2, 0.25) is 0 Å². The maximum atomic E-state index is 9.07. The summed E-state index contributed by atoms with van der Waals surface area (Å²) in [5.74, 6) is 0. The maximum Gasteiger partial charge on any atom is 0.0659 e. The Morgan fingerprint density at radius 1 is 0.724 bits per heavy atom. The minimum absolute atomic E-state index is 0.141. The predicted molar refractivity (Wildman–Crippen MR) is 120 cm³/mol. The van der Waals surface area contributed by atoms with E-state index in [4.69, 9.17) is 10.1 Å². The molecule has 5 rings (SSSR count). The van der Waals surface area contributed by atoms with Crippen molar-refractivity contribution in [2.45, 2.75) is 6.42 Å². The van der Waals surface area contributed by atoms with Crippen LogP contribution in [0.25, 0.3) is 52.4 Å². The number of fused-ring (bicyclic) bond motifs is 8. The largest absolute Gasteiger partial charge is 0.396 e.